The number of carbonyl (C=O) groups excluding carboxylic acids is 2. The number of hydrogen-bond donors (Lipinski definition) is 1. The van der Waals surface area contributed by atoms with Crippen LogP contribution in [-0.4, -0.2) is 25.6 Å². The summed E-state index contributed by atoms with van der Waals surface area (Å²) in [6.45, 7) is 1.44. The molecule has 0 saturated carbocycles. The van der Waals surface area contributed by atoms with Gasteiger partial charge in [0.2, 0.25) is 0 Å². The standard InChI is InChI=1S/C18H18ClNO4/c1-12-14(19)7-5-8-15(12)20-17(21)11-24-18(22)10-13-6-3-4-9-16(13)23-2/h3-9H,10-11H2,1-2H3,(H,20,21). The monoisotopic (exact) mass is 347 g/mol. The van der Waals surface area contributed by atoms with Crippen LogP contribution in [-0.2, 0) is 20.7 Å². The van der Waals surface area contributed by atoms with E-state index >= 15 is 0 Å². The van der Waals surface area contributed by atoms with Crippen molar-refractivity contribution in [3.05, 3.63) is 58.6 Å². The highest BCUT2D eigenvalue weighted by Gasteiger charge is 2.12. The second-order valence-corrected chi connectivity index (χ2v) is 5.52. The zero-order valence-electron chi connectivity index (χ0n) is 13.5. The van der Waals surface area contributed by atoms with E-state index < -0.39 is 11.9 Å². The van der Waals surface area contributed by atoms with E-state index in [4.69, 9.17) is 21.1 Å². The molecule has 6 heteroatoms. The molecule has 5 nitrogen and oxygen atoms in total. The number of rotatable bonds is 6. The summed E-state index contributed by atoms with van der Waals surface area (Å²) in [5.41, 5.74) is 2.05. The smallest absolute Gasteiger partial charge is 0.310 e. The second-order valence-electron chi connectivity index (χ2n) is 5.11. The zero-order valence-corrected chi connectivity index (χ0v) is 14.2. The molecule has 0 spiro atoms. The van der Waals surface area contributed by atoms with Gasteiger partial charge in [0.05, 0.1) is 13.5 Å². The van der Waals surface area contributed by atoms with E-state index in [0.29, 0.717) is 22.0 Å². The Bertz CT molecular complexity index is 746. The lowest BCUT2D eigenvalue weighted by atomic mass is 10.1. The number of anilines is 1. The van der Waals surface area contributed by atoms with Crippen LogP contribution < -0.4 is 10.1 Å². The van der Waals surface area contributed by atoms with Crippen LogP contribution in [0.15, 0.2) is 42.5 Å². The Hall–Kier alpha value is -2.53. The molecule has 0 heterocycles. The molecule has 1 amide bonds. The molecule has 0 atom stereocenters. The molecule has 0 aliphatic carbocycles. The van der Waals surface area contributed by atoms with Gasteiger partial charge in [-0.15, -0.1) is 0 Å². The molecule has 126 valence electrons. The van der Waals surface area contributed by atoms with Gasteiger partial charge in [-0.05, 0) is 30.7 Å². The van der Waals surface area contributed by atoms with Gasteiger partial charge in [-0.25, -0.2) is 0 Å². The molecule has 24 heavy (non-hydrogen) atoms. The SMILES string of the molecule is COc1ccccc1CC(=O)OCC(=O)Nc1cccc(Cl)c1C. The molecular formula is C18H18ClNO4. The number of halogens is 1. The normalized spacial score (nSPS) is 10.1. The summed E-state index contributed by atoms with van der Waals surface area (Å²) in [4.78, 5) is 23.8. The Kier molecular flexibility index (Phi) is 6.21. The second kappa shape index (κ2) is 8.36. The predicted octanol–water partition coefficient (Wildman–Crippen LogP) is 3.38. The maximum atomic E-state index is 11.9. The van der Waals surface area contributed by atoms with Crippen molar-refractivity contribution in [2.45, 2.75) is 13.3 Å². The maximum Gasteiger partial charge on any atom is 0.310 e. The molecular weight excluding hydrogens is 330 g/mol. The number of nitrogens with one attached hydrogen (secondary N) is 1. The topological polar surface area (TPSA) is 64.6 Å². The Morgan fingerprint density at radius 2 is 1.88 bits per heavy atom. The van der Waals surface area contributed by atoms with E-state index in [1.807, 2.05) is 6.07 Å². The fraction of sp³-hybridized carbons (Fsp3) is 0.222. The minimum absolute atomic E-state index is 0.0352. The quantitative estimate of drug-likeness (QED) is 0.813. The van der Waals surface area contributed by atoms with Crippen LogP contribution >= 0.6 is 11.6 Å². The van der Waals surface area contributed by atoms with Gasteiger partial charge in [0.1, 0.15) is 5.75 Å². The van der Waals surface area contributed by atoms with Gasteiger partial charge in [-0.1, -0.05) is 35.9 Å². The number of methoxy groups -OCH3 is 1. The van der Waals surface area contributed by atoms with E-state index in [2.05, 4.69) is 5.32 Å². The molecule has 0 fully saturated rings. The molecule has 0 unspecified atom stereocenters. The van der Waals surface area contributed by atoms with E-state index in [1.54, 1.807) is 43.3 Å². The van der Waals surface area contributed by atoms with E-state index in [9.17, 15) is 9.59 Å². The number of carbonyl (C=O) groups is 2. The zero-order chi connectivity index (χ0) is 17.5. The average Bonchev–Trinajstić information content (AvgIpc) is 2.58. The van der Waals surface area contributed by atoms with Gasteiger partial charge >= 0.3 is 5.97 Å². The summed E-state index contributed by atoms with van der Waals surface area (Å²) in [6.07, 6.45) is 0.0352. The highest BCUT2D eigenvalue weighted by Crippen LogP contribution is 2.23. The van der Waals surface area contributed by atoms with E-state index in [0.717, 1.165) is 5.56 Å². The number of para-hydroxylation sites is 1. The Balaban J connectivity index is 1.87. The highest BCUT2D eigenvalue weighted by molar-refractivity contribution is 6.31. The van der Waals surface area contributed by atoms with E-state index in [-0.39, 0.29) is 13.0 Å². The maximum absolute atomic E-state index is 11.9. The van der Waals surface area contributed by atoms with E-state index in [1.165, 1.54) is 7.11 Å². The van der Waals surface area contributed by atoms with Crippen molar-refractivity contribution in [1.29, 1.82) is 0 Å². The molecule has 0 aliphatic heterocycles. The molecule has 0 bridgehead atoms. The van der Waals surface area contributed by atoms with Gasteiger partial charge in [-0.3, -0.25) is 9.59 Å². The predicted molar refractivity (Wildman–Crippen MR) is 92.5 cm³/mol. The van der Waals surface area contributed by atoms with Crippen molar-refractivity contribution < 1.29 is 19.1 Å². The first-order chi connectivity index (χ1) is 11.5. The van der Waals surface area contributed by atoms with Gasteiger partial charge in [-0.2, -0.15) is 0 Å². The summed E-state index contributed by atoms with van der Waals surface area (Å²) in [7, 11) is 1.53. The van der Waals surface area contributed by atoms with Crippen LogP contribution in [0.5, 0.6) is 5.75 Å². The molecule has 1 N–H and O–H groups in total. The van der Waals surface area contributed by atoms with Crippen molar-refractivity contribution in [3.63, 3.8) is 0 Å². The molecule has 2 aromatic carbocycles. The number of hydrogen-bond acceptors (Lipinski definition) is 4. The summed E-state index contributed by atoms with van der Waals surface area (Å²) < 4.78 is 10.2. The first-order valence-corrected chi connectivity index (χ1v) is 7.71. The first-order valence-electron chi connectivity index (χ1n) is 7.33. The van der Waals surface area contributed by atoms with Gasteiger partial charge in [0, 0.05) is 16.3 Å². The molecule has 0 aliphatic rings. The summed E-state index contributed by atoms with van der Waals surface area (Å²) in [5, 5.41) is 3.22. The van der Waals surface area contributed by atoms with Crippen molar-refractivity contribution in [2.24, 2.45) is 0 Å². The lowest BCUT2D eigenvalue weighted by molar-refractivity contribution is -0.146. The number of amides is 1. The van der Waals surface area contributed by atoms with Crippen molar-refractivity contribution in [1.82, 2.24) is 0 Å². The van der Waals surface area contributed by atoms with Crippen LogP contribution in [0.2, 0.25) is 5.02 Å². The number of esters is 1. The Morgan fingerprint density at radius 3 is 2.62 bits per heavy atom. The van der Waals surface area contributed by atoms with Crippen LogP contribution in [0.4, 0.5) is 5.69 Å². The fourth-order valence-electron chi connectivity index (χ4n) is 2.13. The molecule has 0 saturated heterocycles. The fourth-order valence-corrected chi connectivity index (χ4v) is 2.31. The summed E-state index contributed by atoms with van der Waals surface area (Å²) in [6, 6.07) is 12.4. The minimum atomic E-state index is -0.502. The molecule has 2 aromatic rings. The lowest BCUT2D eigenvalue weighted by Gasteiger charge is -2.10. The van der Waals surface area contributed by atoms with Crippen LogP contribution in [0.3, 0.4) is 0 Å². The minimum Gasteiger partial charge on any atom is -0.496 e. The van der Waals surface area contributed by atoms with Gasteiger partial charge in [0.15, 0.2) is 6.61 Å². The lowest BCUT2D eigenvalue weighted by Crippen LogP contribution is -2.22. The van der Waals surface area contributed by atoms with Crippen LogP contribution in [0.25, 0.3) is 0 Å². The van der Waals surface area contributed by atoms with Crippen molar-refractivity contribution >= 4 is 29.2 Å². The third-order valence-corrected chi connectivity index (χ3v) is 3.84. The summed E-state index contributed by atoms with van der Waals surface area (Å²) >= 11 is 6.00. The van der Waals surface area contributed by atoms with Gasteiger partial charge < -0.3 is 14.8 Å². The van der Waals surface area contributed by atoms with Crippen LogP contribution in [0, 0.1) is 6.92 Å². The highest BCUT2D eigenvalue weighted by atomic mass is 35.5. The van der Waals surface area contributed by atoms with Crippen LogP contribution in [0.1, 0.15) is 11.1 Å². The largest absolute Gasteiger partial charge is 0.496 e. The Labute approximate surface area is 145 Å². The van der Waals surface area contributed by atoms with Crippen molar-refractivity contribution in [3.8, 4) is 5.75 Å². The first kappa shape index (κ1) is 17.8. The number of ether oxygens (including phenoxy) is 2. The Morgan fingerprint density at radius 1 is 1.12 bits per heavy atom. The molecule has 0 radical (unpaired) electrons. The number of benzene rings is 2. The third-order valence-electron chi connectivity index (χ3n) is 3.43. The summed E-state index contributed by atoms with van der Waals surface area (Å²) in [5.74, 6) is -0.320. The third kappa shape index (κ3) is 4.73. The molecule has 2 rings (SSSR count). The average molecular weight is 348 g/mol. The van der Waals surface area contributed by atoms with Crippen molar-refractivity contribution in [2.75, 3.05) is 19.0 Å². The molecule has 0 aromatic heterocycles. The van der Waals surface area contributed by atoms with Gasteiger partial charge in [0.25, 0.3) is 5.91 Å².